The molecule has 12 heavy (non-hydrogen) atoms. The smallest absolute Gasteiger partial charge is 0.309 e. The fraction of sp³-hybridized carbons (Fsp3) is 1.00. The molecule has 6 heteroatoms. The summed E-state index contributed by atoms with van der Waals surface area (Å²) in [5.41, 5.74) is 0. The summed E-state index contributed by atoms with van der Waals surface area (Å²) >= 11 is 0. The summed E-state index contributed by atoms with van der Waals surface area (Å²) in [6.07, 6.45) is 1.42. The van der Waals surface area contributed by atoms with Crippen LogP contribution >= 0.6 is 7.91 Å². The molecular formula is C6H11FNO3P. The second-order valence-corrected chi connectivity index (χ2v) is 4.40. The lowest BCUT2D eigenvalue weighted by molar-refractivity contribution is 0.0139. The lowest BCUT2D eigenvalue weighted by Crippen LogP contribution is -2.50. The summed E-state index contributed by atoms with van der Waals surface area (Å²) < 4.78 is 32.6. The van der Waals surface area contributed by atoms with Crippen molar-refractivity contribution in [3.05, 3.63) is 0 Å². The van der Waals surface area contributed by atoms with Crippen LogP contribution in [0, 0.1) is 0 Å². The van der Waals surface area contributed by atoms with Crippen LogP contribution in [0.1, 0.15) is 12.8 Å². The highest BCUT2D eigenvalue weighted by atomic mass is 31.2. The summed E-state index contributed by atoms with van der Waals surface area (Å²) in [6, 6.07) is 0.0107. The zero-order chi connectivity index (χ0) is 8.60. The van der Waals surface area contributed by atoms with Crippen molar-refractivity contribution in [1.29, 1.82) is 0 Å². The molecule has 3 atom stereocenters. The number of rotatable bonds is 0. The van der Waals surface area contributed by atoms with E-state index in [-0.39, 0.29) is 18.8 Å². The van der Waals surface area contributed by atoms with Gasteiger partial charge in [-0.1, -0.05) is 0 Å². The second kappa shape index (κ2) is 3.07. The van der Waals surface area contributed by atoms with E-state index < -0.39 is 7.91 Å². The van der Waals surface area contributed by atoms with Crippen LogP contribution in [0.3, 0.4) is 0 Å². The molecule has 0 radical (unpaired) electrons. The maximum atomic E-state index is 12.7. The van der Waals surface area contributed by atoms with Gasteiger partial charge in [0.15, 0.2) is 0 Å². The van der Waals surface area contributed by atoms with E-state index in [9.17, 15) is 8.76 Å². The summed E-state index contributed by atoms with van der Waals surface area (Å²) in [6.45, 7) is 1.04. The highest BCUT2D eigenvalue weighted by molar-refractivity contribution is 7.48. The Balaban J connectivity index is 2.03. The minimum Gasteiger partial charge on any atom is -0.309 e. The highest BCUT2D eigenvalue weighted by Gasteiger charge is 2.40. The van der Waals surface area contributed by atoms with E-state index in [4.69, 9.17) is 0 Å². The normalized spacial score (nSPS) is 48.4. The van der Waals surface area contributed by atoms with Gasteiger partial charge in [0.25, 0.3) is 0 Å². The van der Waals surface area contributed by atoms with Gasteiger partial charge in [-0.25, -0.2) is 4.57 Å². The van der Waals surface area contributed by atoms with E-state index in [1.165, 1.54) is 0 Å². The van der Waals surface area contributed by atoms with Gasteiger partial charge in [0, 0.05) is 0 Å². The molecule has 1 N–H and O–H groups in total. The van der Waals surface area contributed by atoms with Crippen LogP contribution < -0.4 is 5.32 Å². The minimum atomic E-state index is -4.22. The molecule has 2 rings (SSSR count). The first-order chi connectivity index (χ1) is 5.67. The SMILES string of the molecule is O=P1(F)OC[C@H]2NCCC[C@@H]2O1. The van der Waals surface area contributed by atoms with Gasteiger partial charge in [-0.15, -0.1) is 4.20 Å². The Kier molecular flexibility index (Phi) is 2.21. The van der Waals surface area contributed by atoms with Crippen molar-refractivity contribution < 1.29 is 17.8 Å². The van der Waals surface area contributed by atoms with Gasteiger partial charge in [-0.3, -0.25) is 9.05 Å². The number of piperidine rings is 1. The van der Waals surface area contributed by atoms with Crippen LogP contribution in [0.4, 0.5) is 4.20 Å². The largest absolute Gasteiger partial charge is 0.513 e. The molecule has 4 nitrogen and oxygen atoms in total. The van der Waals surface area contributed by atoms with Crippen LogP contribution in [0.5, 0.6) is 0 Å². The average molecular weight is 195 g/mol. The lowest BCUT2D eigenvalue weighted by atomic mass is 10.0. The Morgan fingerprint density at radius 2 is 2.42 bits per heavy atom. The lowest BCUT2D eigenvalue weighted by Gasteiger charge is -2.36. The van der Waals surface area contributed by atoms with Crippen molar-refractivity contribution in [2.45, 2.75) is 25.0 Å². The van der Waals surface area contributed by atoms with Crippen molar-refractivity contribution in [2.24, 2.45) is 0 Å². The van der Waals surface area contributed by atoms with Gasteiger partial charge in [0.05, 0.1) is 18.8 Å². The van der Waals surface area contributed by atoms with Crippen LogP contribution in [0.25, 0.3) is 0 Å². The first kappa shape index (κ1) is 8.63. The van der Waals surface area contributed by atoms with E-state index in [2.05, 4.69) is 14.4 Å². The van der Waals surface area contributed by atoms with Crippen LogP contribution in [-0.4, -0.2) is 25.3 Å². The Labute approximate surface area is 70.1 Å². The third-order valence-corrected chi connectivity index (χ3v) is 3.17. The molecule has 0 aromatic carbocycles. The van der Waals surface area contributed by atoms with Gasteiger partial charge >= 0.3 is 7.91 Å². The van der Waals surface area contributed by atoms with Crippen molar-refractivity contribution in [3.8, 4) is 0 Å². The maximum Gasteiger partial charge on any atom is 0.513 e. The van der Waals surface area contributed by atoms with E-state index in [1.54, 1.807) is 0 Å². The molecule has 2 heterocycles. The predicted octanol–water partition coefficient (Wildman–Crippen LogP) is 1.23. The third-order valence-electron chi connectivity index (χ3n) is 2.19. The number of hydrogen-bond donors (Lipinski definition) is 1. The molecule has 70 valence electrons. The van der Waals surface area contributed by atoms with Crippen LogP contribution in [-0.2, 0) is 13.6 Å². The van der Waals surface area contributed by atoms with E-state index >= 15 is 0 Å². The third kappa shape index (κ3) is 1.69. The van der Waals surface area contributed by atoms with E-state index in [1.807, 2.05) is 0 Å². The maximum absolute atomic E-state index is 12.7. The highest BCUT2D eigenvalue weighted by Crippen LogP contribution is 2.54. The molecule has 1 unspecified atom stereocenters. The van der Waals surface area contributed by atoms with Gasteiger partial charge in [0.2, 0.25) is 0 Å². The first-order valence-electron chi connectivity index (χ1n) is 4.03. The summed E-state index contributed by atoms with van der Waals surface area (Å²) in [7, 11) is -4.22. The molecule has 0 aliphatic carbocycles. The molecule has 2 aliphatic heterocycles. The molecular weight excluding hydrogens is 184 g/mol. The molecule has 0 spiro atoms. The summed E-state index contributed by atoms with van der Waals surface area (Å²) in [5.74, 6) is 0. The standard InChI is InChI=1S/C6H11FNO3P/c7-12(9)10-4-5-6(11-12)2-1-3-8-5/h5-6,8H,1-4H2/t5-,6+,12?/m1/s1. The molecule has 0 aromatic rings. The molecule has 2 fully saturated rings. The average Bonchev–Trinajstić information content (AvgIpc) is 2.02. The minimum absolute atomic E-state index is 0.0107. The van der Waals surface area contributed by atoms with E-state index in [0.717, 1.165) is 19.4 Å². The Morgan fingerprint density at radius 1 is 1.58 bits per heavy atom. The zero-order valence-electron chi connectivity index (χ0n) is 6.53. The van der Waals surface area contributed by atoms with Crippen LogP contribution in [0.15, 0.2) is 0 Å². The zero-order valence-corrected chi connectivity index (χ0v) is 7.43. The van der Waals surface area contributed by atoms with Crippen molar-refractivity contribution in [2.75, 3.05) is 13.2 Å². The predicted molar refractivity (Wildman–Crippen MR) is 40.6 cm³/mol. The molecule has 2 saturated heterocycles. The number of hydrogen-bond acceptors (Lipinski definition) is 4. The molecule has 0 bridgehead atoms. The van der Waals surface area contributed by atoms with E-state index in [0.29, 0.717) is 0 Å². The van der Waals surface area contributed by atoms with Gasteiger partial charge in [-0.2, -0.15) is 0 Å². The quantitative estimate of drug-likeness (QED) is 0.590. The number of fused-ring (bicyclic) bond motifs is 1. The van der Waals surface area contributed by atoms with Crippen molar-refractivity contribution >= 4 is 7.91 Å². The molecule has 0 saturated carbocycles. The Hall–Kier alpha value is 0.0400. The van der Waals surface area contributed by atoms with Crippen LogP contribution in [0.2, 0.25) is 0 Å². The number of nitrogens with one attached hydrogen (secondary N) is 1. The molecule has 0 amide bonds. The van der Waals surface area contributed by atoms with Gasteiger partial charge in [-0.05, 0) is 19.4 Å². The Bertz CT molecular complexity index is 225. The number of halogens is 1. The fourth-order valence-electron chi connectivity index (χ4n) is 1.58. The Morgan fingerprint density at radius 3 is 3.25 bits per heavy atom. The molecule has 0 aromatic heterocycles. The topological polar surface area (TPSA) is 47.6 Å². The summed E-state index contributed by atoms with van der Waals surface area (Å²) in [5, 5.41) is 3.12. The summed E-state index contributed by atoms with van der Waals surface area (Å²) in [4.78, 5) is 0. The first-order valence-corrected chi connectivity index (χ1v) is 5.47. The van der Waals surface area contributed by atoms with Gasteiger partial charge < -0.3 is 5.32 Å². The van der Waals surface area contributed by atoms with Crippen molar-refractivity contribution in [1.82, 2.24) is 5.32 Å². The van der Waals surface area contributed by atoms with Gasteiger partial charge in [0.1, 0.15) is 0 Å². The molecule has 2 aliphatic rings. The van der Waals surface area contributed by atoms with Crippen molar-refractivity contribution in [3.63, 3.8) is 0 Å². The fourth-order valence-corrected chi connectivity index (χ4v) is 2.55. The second-order valence-electron chi connectivity index (χ2n) is 3.07. The monoisotopic (exact) mass is 195 g/mol.